The lowest BCUT2D eigenvalue weighted by atomic mass is 9.34. The van der Waals surface area contributed by atoms with Gasteiger partial charge in [0.2, 0.25) is 0 Å². The Hall–Kier alpha value is -11.2. The molecule has 0 saturated heterocycles. The molecule has 0 radical (unpaired) electrons. The van der Waals surface area contributed by atoms with Gasteiger partial charge in [-0.1, -0.05) is 243 Å². The largest absolute Gasteiger partial charge is 0.458 e. The predicted molar refractivity (Wildman–Crippen MR) is 363 cm³/mol. The summed E-state index contributed by atoms with van der Waals surface area (Å²) >= 11 is 0. The minimum absolute atomic E-state index is 0.223. The number of hydrogen-bond donors (Lipinski definition) is 0. The molecule has 0 unspecified atom stereocenters. The SMILES string of the molecule is c1ccc(-c2ccc(N(c3ccc(-c4ccccc4)cc3)c3cc4c5c(c3)Oc3ccc(-c6ccc7c8cccc9cccc(c%10cccc6c%107)c98)cc3B5c3cc(-c5ccc6c7cccc8cccc(c9cccc5c96)c87)ccc3O4)cc2)cc1. The number of ether oxygens (including phenoxy) is 2. The van der Waals surface area contributed by atoms with E-state index in [1.165, 1.54) is 108 Å². The molecule has 0 saturated carbocycles. The maximum atomic E-state index is 7.33. The van der Waals surface area contributed by atoms with E-state index in [9.17, 15) is 0 Å². The number of rotatable bonds is 7. The van der Waals surface area contributed by atoms with E-state index >= 15 is 0 Å². The summed E-state index contributed by atoms with van der Waals surface area (Å²) in [6.07, 6.45) is 0. The second kappa shape index (κ2) is 18.2. The highest BCUT2D eigenvalue weighted by Gasteiger charge is 2.42. The summed E-state index contributed by atoms with van der Waals surface area (Å²) in [5.41, 5.74) is 15.5. The van der Waals surface area contributed by atoms with Crippen molar-refractivity contribution in [3.63, 3.8) is 0 Å². The number of benzene rings is 17. The van der Waals surface area contributed by atoms with Gasteiger partial charge in [-0.25, -0.2) is 0 Å². The highest BCUT2D eigenvalue weighted by atomic mass is 16.5. The van der Waals surface area contributed by atoms with Crippen LogP contribution in [0.1, 0.15) is 0 Å². The third-order valence-corrected chi connectivity index (χ3v) is 18.9. The molecule has 19 rings (SSSR count). The van der Waals surface area contributed by atoms with Crippen LogP contribution in [0, 0.1) is 0 Å². The van der Waals surface area contributed by atoms with E-state index < -0.39 is 0 Å². The first-order valence-corrected chi connectivity index (χ1v) is 29.7. The van der Waals surface area contributed by atoms with Gasteiger partial charge < -0.3 is 14.4 Å². The third kappa shape index (κ3) is 6.93. The van der Waals surface area contributed by atoms with Gasteiger partial charge in [0, 0.05) is 29.0 Å². The Balaban J connectivity index is 0.809. The fourth-order valence-corrected chi connectivity index (χ4v) is 15.1. The summed E-state index contributed by atoms with van der Waals surface area (Å²) in [6.45, 7) is -0.223. The number of hydrogen-bond acceptors (Lipinski definition) is 3. The lowest BCUT2D eigenvalue weighted by molar-refractivity contribution is 0.465. The van der Waals surface area contributed by atoms with E-state index in [4.69, 9.17) is 9.47 Å². The molecule has 2 aliphatic heterocycles. The van der Waals surface area contributed by atoms with Gasteiger partial charge in [0.15, 0.2) is 0 Å². The summed E-state index contributed by atoms with van der Waals surface area (Å²) in [6, 6.07) is 107. The van der Waals surface area contributed by atoms with E-state index in [0.29, 0.717) is 0 Å². The second-order valence-electron chi connectivity index (χ2n) is 23.4. The van der Waals surface area contributed by atoms with E-state index in [1.54, 1.807) is 0 Å². The van der Waals surface area contributed by atoms with Crippen molar-refractivity contribution in [1.82, 2.24) is 0 Å². The van der Waals surface area contributed by atoms with E-state index in [2.05, 4.69) is 296 Å². The summed E-state index contributed by atoms with van der Waals surface area (Å²) in [4.78, 5) is 2.33. The zero-order chi connectivity index (χ0) is 56.1. The smallest absolute Gasteiger partial charge is 0.260 e. The Bertz CT molecular complexity index is 5200. The molecule has 0 aliphatic carbocycles. The van der Waals surface area contributed by atoms with Crippen molar-refractivity contribution >= 4 is 126 Å². The molecule has 3 nitrogen and oxygen atoms in total. The van der Waals surface area contributed by atoms with Gasteiger partial charge in [-0.05, 0) is 178 Å². The molecule has 0 spiro atoms. The van der Waals surface area contributed by atoms with Gasteiger partial charge in [-0.3, -0.25) is 0 Å². The number of fused-ring (bicyclic) bond motifs is 8. The molecule has 396 valence electrons. The molecular weight excluding hydrogens is 1040 g/mol. The highest BCUT2D eigenvalue weighted by molar-refractivity contribution is 6.98. The van der Waals surface area contributed by atoms with Crippen molar-refractivity contribution in [2.75, 3.05) is 4.90 Å². The molecule has 17 aromatic carbocycles. The molecule has 86 heavy (non-hydrogen) atoms. The normalized spacial score (nSPS) is 12.6. The van der Waals surface area contributed by atoms with Gasteiger partial charge in [0.05, 0.1) is 5.69 Å². The van der Waals surface area contributed by atoms with Crippen LogP contribution in [0.3, 0.4) is 0 Å². The van der Waals surface area contributed by atoms with Crippen LogP contribution in [0.2, 0.25) is 0 Å². The van der Waals surface area contributed by atoms with Crippen molar-refractivity contribution in [2.45, 2.75) is 0 Å². The molecule has 0 bridgehead atoms. The van der Waals surface area contributed by atoms with E-state index in [1.807, 2.05) is 0 Å². The maximum Gasteiger partial charge on any atom is 0.260 e. The topological polar surface area (TPSA) is 21.7 Å². The van der Waals surface area contributed by atoms with Crippen LogP contribution in [0.25, 0.3) is 131 Å². The predicted octanol–water partition coefficient (Wildman–Crippen LogP) is 20.7. The fraction of sp³-hybridized carbons (Fsp3) is 0. The molecule has 0 atom stereocenters. The summed E-state index contributed by atoms with van der Waals surface area (Å²) in [5, 5.41) is 20.5. The molecular formula is C82H48BNO2. The van der Waals surface area contributed by atoms with Crippen molar-refractivity contribution in [3.05, 3.63) is 291 Å². The average molecular weight is 1090 g/mol. The Kier molecular flexibility index (Phi) is 9.99. The molecule has 4 heteroatoms. The zero-order valence-corrected chi connectivity index (χ0v) is 46.6. The third-order valence-electron chi connectivity index (χ3n) is 18.9. The summed E-state index contributed by atoms with van der Waals surface area (Å²) in [5.74, 6) is 3.21. The first-order chi connectivity index (χ1) is 42.6. The van der Waals surface area contributed by atoms with Crippen LogP contribution in [0.15, 0.2) is 291 Å². The molecule has 2 heterocycles. The lowest BCUT2D eigenvalue weighted by Crippen LogP contribution is -2.57. The zero-order valence-electron chi connectivity index (χ0n) is 46.6. The molecule has 17 aromatic rings. The minimum Gasteiger partial charge on any atom is -0.458 e. The first-order valence-electron chi connectivity index (χ1n) is 29.7. The molecule has 0 fully saturated rings. The van der Waals surface area contributed by atoms with Crippen LogP contribution in [0.4, 0.5) is 17.1 Å². The molecule has 2 aliphatic rings. The van der Waals surface area contributed by atoms with Crippen LogP contribution < -0.4 is 30.8 Å². The number of anilines is 3. The van der Waals surface area contributed by atoms with Crippen molar-refractivity contribution in [2.24, 2.45) is 0 Å². The Morgan fingerprint density at radius 1 is 0.233 bits per heavy atom. The van der Waals surface area contributed by atoms with Crippen LogP contribution in [0.5, 0.6) is 23.0 Å². The Morgan fingerprint density at radius 2 is 0.581 bits per heavy atom. The average Bonchev–Trinajstić information content (AvgIpc) is 0.796. The molecule has 0 aromatic heterocycles. The second-order valence-corrected chi connectivity index (χ2v) is 23.4. The quantitative estimate of drug-likeness (QED) is 0.0902. The van der Waals surface area contributed by atoms with Crippen LogP contribution >= 0.6 is 0 Å². The fourth-order valence-electron chi connectivity index (χ4n) is 15.1. The standard InChI is InChI=1S/C82H48BNO2/c1-3-13-49(14-4-1)51-29-35-57(36-30-51)84(58-37-31-52(32-38-58)50-15-5-2-6-16-50)59-47-76-82-77(48-59)86-75-44-34-56(61-40-42-71-67-24-10-20-54-18-8-22-65(79(54)67)69-28-12-26-63(61)81(69)71)46-73(75)83(82)72-45-55(33-43-74(72)85-76)60-39-41-70-66-23-9-19-53-17-7-21-64(78(53)66)68-27-11-25-62(60)80(68)70/h1-48H. The minimum atomic E-state index is -0.223. The Labute approximate surface area is 496 Å². The first kappa shape index (κ1) is 47.3. The van der Waals surface area contributed by atoms with E-state index in [0.717, 1.165) is 78.7 Å². The van der Waals surface area contributed by atoms with Gasteiger partial charge in [0.25, 0.3) is 6.71 Å². The van der Waals surface area contributed by atoms with Gasteiger partial charge in [0.1, 0.15) is 23.0 Å². The monoisotopic (exact) mass is 1090 g/mol. The summed E-state index contributed by atoms with van der Waals surface area (Å²) in [7, 11) is 0. The van der Waals surface area contributed by atoms with Crippen molar-refractivity contribution in [3.8, 4) is 67.5 Å². The Morgan fingerprint density at radius 3 is 1.00 bits per heavy atom. The number of nitrogens with zero attached hydrogens (tertiary/aromatic N) is 1. The van der Waals surface area contributed by atoms with Crippen LogP contribution in [-0.4, -0.2) is 6.71 Å². The lowest BCUT2D eigenvalue weighted by Gasteiger charge is -2.35. The van der Waals surface area contributed by atoms with Gasteiger partial charge in [-0.15, -0.1) is 0 Å². The molecule has 0 N–H and O–H groups in total. The summed E-state index contributed by atoms with van der Waals surface area (Å²) < 4.78 is 14.7. The van der Waals surface area contributed by atoms with Gasteiger partial charge >= 0.3 is 0 Å². The van der Waals surface area contributed by atoms with Gasteiger partial charge in [-0.2, -0.15) is 0 Å². The maximum absolute atomic E-state index is 7.33. The van der Waals surface area contributed by atoms with Crippen molar-refractivity contribution < 1.29 is 9.47 Å². The van der Waals surface area contributed by atoms with Crippen LogP contribution in [-0.2, 0) is 0 Å². The highest BCUT2D eigenvalue weighted by Crippen LogP contribution is 2.48. The van der Waals surface area contributed by atoms with Crippen molar-refractivity contribution in [1.29, 1.82) is 0 Å². The van der Waals surface area contributed by atoms with E-state index in [-0.39, 0.29) is 6.71 Å². The molecule has 0 amide bonds.